The van der Waals surface area contributed by atoms with E-state index in [9.17, 15) is 10.1 Å². The predicted molar refractivity (Wildman–Crippen MR) is 68.9 cm³/mol. The van der Waals surface area contributed by atoms with Crippen LogP contribution in [0, 0.1) is 23.0 Å². The van der Waals surface area contributed by atoms with E-state index in [2.05, 4.69) is 5.32 Å². The van der Waals surface area contributed by atoms with Crippen molar-refractivity contribution in [2.75, 3.05) is 19.7 Å². The second kappa shape index (κ2) is 5.82. The fourth-order valence-corrected chi connectivity index (χ4v) is 2.21. The molecule has 0 amide bonds. The van der Waals surface area contributed by atoms with Gasteiger partial charge in [-0.15, -0.1) is 0 Å². The maximum absolute atomic E-state index is 10.6. The molecular weight excluding hydrogens is 232 g/mol. The molecule has 5 nitrogen and oxygen atoms in total. The summed E-state index contributed by atoms with van der Waals surface area (Å²) in [4.78, 5) is 10.2. The Morgan fingerprint density at radius 1 is 1.56 bits per heavy atom. The average Bonchev–Trinajstić information content (AvgIpc) is 2.84. The van der Waals surface area contributed by atoms with Gasteiger partial charge in [-0.3, -0.25) is 10.1 Å². The zero-order chi connectivity index (χ0) is 13.0. The molecule has 1 aromatic rings. The lowest BCUT2D eigenvalue weighted by Crippen LogP contribution is -2.11. The molecule has 1 atom stereocenters. The van der Waals surface area contributed by atoms with Gasteiger partial charge in [0.2, 0.25) is 0 Å². The molecule has 2 rings (SSSR count). The lowest BCUT2D eigenvalue weighted by molar-refractivity contribution is -0.384. The second-order valence-corrected chi connectivity index (χ2v) is 4.70. The van der Waals surface area contributed by atoms with E-state index in [1.165, 1.54) is 12.5 Å². The first-order valence-electron chi connectivity index (χ1n) is 6.25. The van der Waals surface area contributed by atoms with Gasteiger partial charge in [0, 0.05) is 12.1 Å². The van der Waals surface area contributed by atoms with E-state index >= 15 is 0 Å². The number of nitrogens with one attached hydrogen (secondary N) is 1. The average molecular weight is 250 g/mol. The third-order valence-corrected chi connectivity index (χ3v) is 3.32. The van der Waals surface area contributed by atoms with Crippen LogP contribution in [-0.2, 0) is 0 Å². The molecule has 0 radical (unpaired) electrons. The molecule has 1 aromatic carbocycles. The summed E-state index contributed by atoms with van der Waals surface area (Å²) >= 11 is 0. The molecule has 1 aliphatic heterocycles. The monoisotopic (exact) mass is 250 g/mol. The Balaban J connectivity index is 1.87. The van der Waals surface area contributed by atoms with Crippen molar-refractivity contribution in [1.82, 2.24) is 5.32 Å². The number of rotatable bonds is 5. The minimum Gasteiger partial charge on any atom is -0.493 e. The van der Waals surface area contributed by atoms with Gasteiger partial charge in [0.05, 0.1) is 11.5 Å². The Hall–Kier alpha value is -1.62. The largest absolute Gasteiger partial charge is 0.493 e. The number of nitrogens with zero attached hydrogens (tertiary/aromatic N) is 1. The molecule has 98 valence electrons. The van der Waals surface area contributed by atoms with E-state index in [0.29, 0.717) is 12.5 Å². The number of hydrogen-bond donors (Lipinski definition) is 1. The number of nitro benzene ring substituents is 1. The molecule has 0 aliphatic carbocycles. The molecular formula is C13H18N2O3. The first kappa shape index (κ1) is 12.8. The molecule has 1 heterocycles. The van der Waals surface area contributed by atoms with Gasteiger partial charge in [-0.1, -0.05) is 0 Å². The number of ether oxygens (including phenoxy) is 1. The summed E-state index contributed by atoms with van der Waals surface area (Å²) < 4.78 is 5.68. The number of non-ortho nitro benzene ring substituents is 1. The lowest BCUT2D eigenvalue weighted by Gasteiger charge is -2.11. The number of aryl methyl sites for hydroxylation is 1. The summed E-state index contributed by atoms with van der Waals surface area (Å²) in [5.41, 5.74) is 0.925. The highest BCUT2D eigenvalue weighted by molar-refractivity contribution is 5.42. The van der Waals surface area contributed by atoms with Gasteiger partial charge in [0.25, 0.3) is 5.69 Å². The number of nitro groups is 1. The van der Waals surface area contributed by atoms with Crippen LogP contribution in [0.5, 0.6) is 5.75 Å². The molecule has 0 saturated carbocycles. The van der Waals surface area contributed by atoms with Crippen LogP contribution in [0.15, 0.2) is 18.2 Å². The first-order chi connectivity index (χ1) is 8.66. The molecule has 0 spiro atoms. The van der Waals surface area contributed by atoms with E-state index in [1.54, 1.807) is 12.1 Å². The van der Waals surface area contributed by atoms with Crippen LogP contribution >= 0.6 is 0 Å². The van der Waals surface area contributed by atoms with Crippen LogP contribution in [0.3, 0.4) is 0 Å². The standard InChI is InChI=1S/C13H18N2O3/c1-10-8-12(15(16)17)2-3-13(10)18-7-5-11-4-6-14-9-11/h2-3,8,11,14H,4-7,9H2,1H3. The van der Waals surface area contributed by atoms with E-state index < -0.39 is 0 Å². The molecule has 0 bridgehead atoms. The maximum atomic E-state index is 10.6. The van der Waals surface area contributed by atoms with Crippen molar-refractivity contribution in [3.63, 3.8) is 0 Å². The molecule has 0 aromatic heterocycles. The zero-order valence-electron chi connectivity index (χ0n) is 10.5. The fraction of sp³-hybridized carbons (Fsp3) is 0.538. The van der Waals surface area contributed by atoms with Gasteiger partial charge < -0.3 is 10.1 Å². The zero-order valence-corrected chi connectivity index (χ0v) is 10.5. The minimum atomic E-state index is -0.388. The van der Waals surface area contributed by atoms with Crippen LogP contribution < -0.4 is 10.1 Å². The van der Waals surface area contributed by atoms with Crippen molar-refractivity contribution >= 4 is 5.69 Å². The summed E-state index contributed by atoms with van der Waals surface area (Å²) in [6, 6.07) is 4.71. The van der Waals surface area contributed by atoms with Crippen molar-refractivity contribution < 1.29 is 9.66 Å². The van der Waals surface area contributed by atoms with Gasteiger partial charge in [-0.25, -0.2) is 0 Å². The van der Waals surface area contributed by atoms with Crippen molar-refractivity contribution in [2.45, 2.75) is 19.8 Å². The summed E-state index contributed by atoms with van der Waals surface area (Å²) in [6.07, 6.45) is 2.24. The molecule has 1 fully saturated rings. The summed E-state index contributed by atoms with van der Waals surface area (Å²) in [6.45, 7) is 4.67. The van der Waals surface area contributed by atoms with Gasteiger partial charge in [0.1, 0.15) is 5.75 Å². The topological polar surface area (TPSA) is 64.4 Å². The number of benzene rings is 1. The fourth-order valence-electron chi connectivity index (χ4n) is 2.21. The Morgan fingerprint density at radius 2 is 2.39 bits per heavy atom. The molecule has 1 N–H and O–H groups in total. The van der Waals surface area contributed by atoms with E-state index in [1.807, 2.05) is 6.92 Å². The molecule has 1 aliphatic rings. The normalized spacial score (nSPS) is 18.8. The van der Waals surface area contributed by atoms with E-state index in [0.717, 1.165) is 30.8 Å². The lowest BCUT2D eigenvalue weighted by atomic mass is 10.1. The Morgan fingerprint density at radius 3 is 3.00 bits per heavy atom. The molecule has 1 unspecified atom stereocenters. The van der Waals surface area contributed by atoms with Crippen molar-refractivity contribution in [2.24, 2.45) is 5.92 Å². The van der Waals surface area contributed by atoms with Crippen LogP contribution in [0.4, 0.5) is 5.69 Å². The van der Waals surface area contributed by atoms with Crippen molar-refractivity contribution in [3.8, 4) is 5.75 Å². The second-order valence-electron chi connectivity index (χ2n) is 4.70. The molecule has 1 saturated heterocycles. The summed E-state index contributed by atoms with van der Waals surface area (Å²) in [5, 5.41) is 13.9. The van der Waals surface area contributed by atoms with Crippen LogP contribution in [0.25, 0.3) is 0 Å². The van der Waals surface area contributed by atoms with Crippen molar-refractivity contribution in [1.29, 1.82) is 0 Å². The third kappa shape index (κ3) is 3.20. The van der Waals surface area contributed by atoms with Crippen LogP contribution in [0.2, 0.25) is 0 Å². The Bertz CT molecular complexity index is 428. The van der Waals surface area contributed by atoms with E-state index in [-0.39, 0.29) is 10.6 Å². The maximum Gasteiger partial charge on any atom is 0.269 e. The Labute approximate surface area is 106 Å². The molecule has 18 heavy (non-hydrogen) atoms. The predicted octanol–water partition coefficient (Wildman–Crippen LogP) is 2.28. The highest BCUT2D eigenvalue weighted by atomic mass is 16.6. The van der Waals surface area contributed by atoms with Crippen LogP contribution in [-0.4, -0.2) is 24.6 Å². The SMILES string of the molecule is Cc1cc([N+](=O)[O-])ccc1OCCC1CCNC1. The smallest absolute Gasteiger partial charge is 0.269 e. The minimum absolute atomic E-state index is 0.111. The molecule has 5 heteroatoms. The van der Waals surface area contributed by atoms with Crippen molar-refractivity contribution in [3.05, 3.63) is 33.9 Å². The summed E-state index contributed by atoms with van der Waals surface area (Å²) in [7, 11) is 0. The number of hydrogen-bond acceptors (Lipinski definition) is 4. The van der Waals surface area contributed by atoms with Gasteiger partial charge in [0.15, 0.2) is 0 Å². The van der Waals surface area contributed by atoms with E-state index in [4.69, 9.17) is 4.74 Å². The third-order valence-electron chi connectivity index (χ3n) is 3.32. The van der Waals surface area contributed by atoms with Gasteiger partial charge in [-0.05, 0) is 50.4 Å². The van der Waals surface area contributed by atoms with Gasteiger partial charge >= 0.3 is 0 Å². The highest BCUT2D eigenvalue weighted by Crippen LogP contribution is 2.23. The summed E-state index contributed by atoms with van der Waals surface area (Å²) in [5.74, 6) is 1.44. The van der Waals surface area contributed by atoms with Crippen LogP contribution in [0.1, 0.15) is 18.4 Å². The highest BCUT2D eigenvalue weighted by Gasteiger charge is 2.14. The Kier molecular flexibility index (Phi) is 4.15. The quantitative estimate of drug-likeness (QED) is 0.643. The van der Waals surface area contributed by atoms with Gasteiger partial charge in [-0.2, -0.15) is 0 Å². The first-order valence-corrected chi connectivity index (χ1v) is 6.25.